The lowest BCUT2D eigenvalue weighted by Crippen LogP contribution is -2.39. The van der Waals surface area contributed by atoms with Crippen molar-refractivity contribution in [1.29, 1.82) is 0 Å². The van der Waals surface area contributed by atoms with E-state index in [1.54, 1.807) is 7.11 Å². The van der Waals surface area contributed by atoms with Crippen molar-refractivity contribution in [2.45, 2.75) is 19.8 Å². The molecule has 148 valence electrons. The van der Waals surface area contributed by atoms with Gasteiger partial charge in [0.05, 0.1) is 19.4 Å². The molecule has 1 aromatic carbocycles. The number of sulfonamides is 1. The van der Waals surface area contributed by atoms with Gasteiger partial charge in [-0.1, -0.05) is 12.1 Å². The Hall–Kier alpha value is -1.07. The van der Waals surface area contributed by atoms with Crippen LogP contribution in [0, 0.1) is 0 Å². The van der Waals surface area contributed by atoms with Gasteiger partial charge in [-0.25, -0.2) is 12.7 Å². The van der Waals surface area contributed by atoms with E-state index in [9.17, 15) is 8.42 Å². The molecule has 0 saturated carbocycles. The van der Waals surface area contributed by atoms with E-state index < -0.39 is 10.0 Å². The minimum Gasteiger partial charge on any atom is -0.497 e. The molecule has 1 fully saturated rings. The van der Waals surface area contributed by atoms with Crippen LogP contribution in [0.15, 0.2) is 29.3 Å². The maximum atomic E-state index is 11.8. The van der Waals surface area contributed by atoms with Gasteiger partial charge in [-0.3, -0.25) is 4.99 Å². The van der Waals surface area contributed by atoms with E-state index in [0.717, 1.165) is 25.3 Å². The molecule has 0 spiro atoms. The number of guanidine groups is 1. The highest BCUT2D eigenvalue weighted by atomic mass is 127. The normalized spacial score (nSPS) is 16.8. The Kier molecular flexibility index (Phi) is 10.3. The quantitative estimate of drug-likeness (QED) is 0.324. The first-order chi connectivity index (χ1) is 12.0. The summed E-state index contributed by atoms with van der Waals surface area (Å²) in [4.78, 5) is 4.47. The number of aliphatic imine (C=N–C) groups is 1. The third-order valence-corrected chi connectivity index (χ3v) is 5.99. The minimum atomic E-state index is -3.04. The van der Waals surface area contributed by atoms with Crippen molar-refractivity contribution >= 4 is 40.0 Å². The number of nitrogens with one attached hydrogen (secondary N) is 2. The van der Waals surface area contributed by atoms with Crippen molar-refractivity contribution < 1.29 is 13.2 Å². The first-order valence-corrected chi connectivity index (χ1v) is 10.3. The summed E-state index contributed by atoms with van der Waals surface area (Å²) in [6.45, 7) is 5.02. The number of benzene rings is 1. The first kappa shape index (κ1) is 23.0. The van der Waals surface area contributed by atoms with Gasteiger partial charge in [-0.2, -0.15) is 0 Å². The summed E-state index contributed by atoms with van der Waals surface area (Å²) in [5.41, 5.74) is 1.22. The van der Waals surface area contributed by atoms with Gasteiger partial charge in [0.1, 0.15) is 5.75 Å². The van der Waals surface area contributed by atoms with Gasteiger partial charge < -0.3 is 15.4 Å². The zero-order valence-corrected chi connectivity index (χ0v) is 18.5. The van der Waals surface area contributed by atoms with Crippen LogP contribution < -0.4 is 15.4 Å². The summed E-state index contributed by atoms with van der Waals surface area (Å²) in [6, 6.07) is 7.99. The number of methoxy groups -OCH3 is 1. The lowest BCUT2D eigenvalue weighted by atomic mass is 10.1. The summed E-state index contributed by atoms with van der Waals surface area (Å²) in [5, 5.41) is 6.47. The van der Waals surface area contributed by atoms with Crippen LogP contribution >= 0.6 is 24.0 Å². The van der Waals surface area contributed by atoms with Gasteiger partial charge in [0.15, 0.2) is 5.96 Å². The molecule has 7 nitrogen and oxygen atoms in total. The lowest BCUT2D eigenvalue weighted by molar-refractivity contribution is 0.414. The van der Waals surface area contributed by atoms with E-state index >= 15 is 0 Å². The standard InChI is InChI=1S/C17H28N4O3S.HI/c1-3-18-17(20-11-13-21-12-4-14-25(21,22)23)19-10-9-15-5-7-16(24-2)8-6-15;/h5-8H,3-4,9-14H2,1-2H3,(H2,18,19,20);1H. The number of halogens is 1. The number of hydrogen-bond acceptors (Lipinski definition) is 4. The molecule has 0 bridgehead atoms. The zero-order chi connectivity index (χ0) is 18.1. The van der Waals surface area contributed by atoms with Gasteiger partial charge in [0.2, 0.25) is 10.0 Å². The highest BCUT2D eigenvalue weighted by Crippen LogP contribution is 2.12. The van der Waals surface area contributed by atoms with E-state index in [1.165, 1.54) is 9.87 Å². The fraction of sp³-hybridized carbons (Fsp3) is 0.588. The molecule has 1 saturated heterocycles. The van der Waals surface area contributed by atoms with E-state index in [-0.39, 0.29) is 29.7 Å². The van der Waals surface area contributed by atoms with Crippen LogP contribution in [0.3, 0.4) is 0 Å². The average molecular weight is 496 g/mol. The van der Waals surface area contributed by atoms with Crippen LogP contribution in [0.5, 0.6) is 5.75 Å². The monoisotopic (exact) mass is 496 g/mol. The van der Waals surface area contributed by atoms with E-state index in [0.29, 0.717) is 32.0 Å². The Labute approximate surface area is 173 Å². The maximum absolute atomic E-state index is 11.8. The molecule has 0 amide bonds. The second-order valence-corrected chi connectivity index (χ2v) is 7.94. The summed E-state index contributed by atoms with van der Waals surface area (Å²) in [6.07, 6.45) is 1.58. The topological polar surface area (TPSA) is 83.0 Å². The molecule has 9 heteroatoms. The fourth-order valence-corrected chi connectivity index (χ4v) is 4.19. The number of rotatable bonds is 8. The number of hydrogen-bond donors (Lipinski definition) is 2. The van der Waals surface area contributed by atoms with Gasteiger partial charge >= 0.3 is 0 Å². The van der Waals surface area contributed by atoms with Crippen LogP contribution in [0.25, 0.3) is 0 Å². The third kappa shape index (κ3) is 7.28. The molecule has 2 N–H and O–H groups in total. The van der Waals surface area contributed by atoms with Crippen LogP contribution in [0.4, 0.5) is 0 Å². The summed E-state index contributed by atoms with van der Waals surface area (Å²) >= 11 is 0. The Bertz CT molecular complexity index is 665. The SMILES string of the molecule is CCNC(=NCCN1CCCS1(=O)=O)NCCc1ccc(OC)cc1.I. The second kappa shape index (κ2) is 11.6. The molecule has 1 aromatic rings. The van der Waals surface area contributed by atoms with Crippen molar-refractivity contribution in [1.82, 2.24) is 14.9 Å². The summed E-state index contributed by atoms with van der Waals surface area (Å²) < 4.78 is 30.2. The van der Waals surface area contributed by atoms with Crippen molar-refractivity contribution in [2.75, 3.05) is 45.6 Å². The number of nitrogens with zero attached hydrogens (tertiary/aromatic N) is 2. The van der Waals surface area contributed by atoms with Crippen LogP contribution in [-0.4, -0.2) is 64.3 Å². The zero-order valence-electron chi connectivity index (χ0n) is 15.4. The molecule has 26 heavy (non-hydrogen) atoms. The smallest absolute Gasteiger partial charge is 0.214 e. The van der Waals surface area contributed by atoms with Crippen LogP contribution in [-0.2, 0) is 16.4 Å². The van der Waals surface area contributed by atoms with Crippen LogP contribution in [0.2, 0.25) is 0 Å². The summed E-state index contributed by atoms with van der Waals surface area (Å²) in [5.74, 6) is 1.83. The highest BCUT2D eigenvalue weighted by molar-refractivity contribution is 14.0. The molecule has 1 aliphatic heterocycles. The molecule has 0 aliphatic carbocycles. The van der Waals surface area contributed by atoms with Crippen molar-refractivity contribution in [3.8, 4) is 5.75 Å². The molecule has 2 rings (SSSR count). The third-order valence-electron chi connectivity index (χ3n) is 4.03. The van der Waals surface area contributed by atoms with Crippen molar-refractivity contribution in [2.24, 2.45) is 4.99 Å². The van der Waals surface area contributed by atoms with Crippen LogP contribution in [0.1, 0.15) is 18.9 Å². The molecule has 0 unspecified atom stereocenters. The minimum absolute atomic E-state index is 0. The maximum Gasteiger partial charge on any atom is 0.214 e. The molecule has 1 heterocycles. The van der Waals surface area contributed by atoms with E-state index in [1.807, 2.05) is 31.2 Å². The van der Waals surface area contributed by atoms with Gasteiger partial charge in [0.25, 0.3) is 0 Å². The highest BCUT2D eigenvalue weighted by Gasteiger charge is 2.27. The Morgan fingerprint density at radius 3 is 2.58 bits per heavy atom. The molecule has 1 aliphatic rings. The predicted octanol–water partition coefficient (Wildman–Crippen LogP) is 1.45. The van der Waals surface area contributed by atoms with E-state index in [4.69, 9.17) is 4.74 Å². The lowest BCUT2D eigenvalue weighted by Gasteiger charge is -2.14. The largest absolute Gasteiger partial charge is 0.497 e. The second-order valence-electron chi connectivity index (χ2n) is 5.85. The summed E-state index contributed by atoms with van der Waals surface area (Å²) in [7, 11) is -1.39. The molecular formula is C17H29IN4O3S. The van der Waals surface area contributed by atoms with Crippen molar-refractivity contribution in [3.05, 3.63) is 29.8 Å². The molecular weight excluding hydrogens is 467 g/mol. The van der Waals surface area contributed by atoms with Crippen molar-refractivity contribution in [3.63, 3.8) is 0 Å². The number of ether oxygens (including phenoxy) is 1. The Morgan fingerprint density at radius 2 is 2.00 bits per heavy atom. The van der Waals surface area contributed by atoms with Gasteiger partial charge in [-0.05, 0) is 37.5 Å². The Morgan fingerprint density at radius 1 is 1.27 bits per heavy atom. The molecule has 0 aromatic heterocycles. The first-order valence-electron chi connectivity index (χ1n) is 8.68. The molecule has 0 atom stereocenters. The average Bonchev–Trinajstić information content (AvgIpc) is 2.94. The molecule has 0 radical (unpaired) electrons. The fourth-order valence-electron chi connectivity index (χ4n) is 2.67. The van der Waals surface area contributed by atoms with Gasteiger partial charge in [-0.15, -0.1) is 24.0 Å². The van der Waals surface area contributed by atoms with Gasteiger partial charge in [0, 0.05) is 26.2 Å². The Balaban J connectivity index is 0.00000338. The van der Waals surface area contributed by atoms with E-state index in [2.05, 4.69) is 15.6 Å². The predicted molar refractivity (Wildman–Crippen MR) is 116 cm³/mol.